The highest BCUT2D eigenvalue weighted by Gasteiger charge is 2.10. The third kappa shape index (κ3) is 3.42. The van der Waals surface area contributed by atoms with Crippen molar-refractivity contribution in [1.82, 2.24) is 9.97 Å². The molecule has 0 saturated carbocycles. The van der Waals surface area contributed by atoms with Gasteiger partial charge in [0.25, 0.3) is 5.91 Å². The van der Waals surface area contributed by atoms with Crippen LogP contribution in [-0.4, -0.2) is 23.0 Å². The highest BCUT2D eigenvalue weighted by Crippen LogP contribution is 2.25. The molecule has 2 aromatic rings. The van der Waals surface area contributed by atoms with Crippen molar-refractivity contribution in [2.75, 3.05) is 12.4 Å². The van der Waals surface area contributed by atoms with E-state index in [4.69, 9.17) is 16.3 Å². The zero-order valence-corrected chi connectivity index (χ0v) is 12.2. The number of anilines is 1. The number of benzene rings is 1. The molecule has 1 N–H and O–H groups in total. The van der Waals surface area contributed by atoms with Gasteiger partial charge in [0.2, 0.25) is 5.95 Å². The molecule has 5 nitrogen and oxygen atoms in total. The van der Waals surface area contributed by atoms with Crippen LogP contribution in [0.15, 0.2) is 34.9 Å². The molecule has 1 aromatic heterocycles. The van der Waals surface area contributed by atoms with Gasteiger partial charge in [-0.1, -0.05) is 11.6 Å². The lowest BCUT2D eigenvalue weighted by atomic mass is 10.2. The molecule has 0 spiro atoms. The minimum Gasteiger partial charge on any atom is -0.496 e. The molecule has 0 aliphatic rings. The molecule has 0 atom stereocenters. The standard InChI is InChI=1S/C12H9BrClN3O2/c1-19-9-3-2-7(6-8(9)13)11(18)17-12-15-5-4-10(14)16-12/h2-6H,1H3,(H,15,16,17,18). The number of methoxy groups -OCH3 is 1. The van der Waals surface area contributed by atoms with Crippen LogP contribution < -0.4 is 10.1 Å². The maximum absolute atomic E-state index is 12.0. The van der Waals surface area contributed by atoms with Gasteiger partial charge in [-0.15, -0.1) is 0 Å². The van der Waals surface area contributed by atoms with Gasteiger partial charge < -0.3 is 4.74 Å². The number of hydrogen-bond donors (Lipinski definition) is 1. The van der Waals surface area contributed by atoms with Crippen molar-refractivity contribution in [1.29, 1.82) is 0 Å². The van der Waals surface area contributed by atoms with E-state index in [1.54, 1.807) is 25.3 Å². The first-order chi connectivity index (χ1) is 9.10. The Morgan fingerprint density at radius 1 is 1.42 bits per heavy atom. The summed E-state index contributed by atoms with van der Waals surface area (Å²) in [5, 5.41) is 2.82. The molecule has 0 fully saturated rings. The smallest absolute Gasteiger partial charge is 0.258 e. The first-order valence-electron chi connectivity index (χ1n) is 5.23. The Bertz CT molecular complexity index is 622. The van der Waals surface area contributed by atoms with Gasteiger partial charge in [-0.2, -0.15) is 0 Å². The molecule has 1 heterocycles. The van der Waals surface area contributed by atoms with E-state index < -0.39 is 0 Å². The molecule has 1 aromatic carbocycles. The molecule has 2 rings (SSSR count). The van der Waals surface area contributed by atoms with Crippen LogP contribution >= 0.6 is 27.5 Å². The van der Waals surface area contributed by atoms with Crippen molar-refractivity contribution in [2.45, 2.75) is 0 Å². The number of rotatable bonds is 3. The predicted molar refractivity (Wildman–Crippen MR) is 75.7 cm³/mol. The lowest BCUT2D eigenvalue weighted by Crippen LogP contribution is -2.14. The Labute approximate surface area is 123 Å². The molecule has 19 heavy (non-hydrogen) atoms. The zero-order chi connectivity index (χ0) is 13.8. The van der Waals surface area contributed by atoms with Crippen LogP contribution in [-0.2, 0) is 0 Å². The number of carbonyl (C=O) groups is 1. The van der Waals surface area contributed by atoms with Crippen LogP contribution in [0, 0.1) is 0 Å². The first kappa shape index (κ1) is 13.8. The summed E-state index contributed by atoms with van der Waals surface area (Å²) in [7, 11) is 1.56. The lowest BCUT2D eigenvalue weighted by molar-refractivity contribution is 0.102. The fourth-order valence-corrected chi connectivity index (χ4v) is 2.06. The molecular weight excluding hydrogens is 334 g/mol. The number of nitrogens with one attached hydrogen (secondary N) is 1. The highest BCUT2D eigenvalue weighted by molar-refractivity contribution is 9.10. The van der Waals surface area contributed by atoms with E-state index in [2.05, 4.69) is 31.2 Å². The van der Waals surface area contributed by atoms with Crippen molar-refractivity contribution in [3.8, 4) is 5.75 Å². The number of hydrogen-bond acceptors (Lipinski definition) is 4. The Hall–Kier alpha value is -1.66. The van der Waals surface area contributed by atoms with Crippen LogP contribution in [0.4, 0.5) is 5.95 Å². The summed E-state index contributed by atoms with van der Waals surface area (Å²) in [6, 6.07) is 6.52. The van der Waals surface area contributed by atoms with Crippen LogP contribution in [0.1, 0.15) is 10.4 Å². The third-order valence-electron chi connectivity index (χ3n) is 2.26. The van der Waals surface area contributed by atoms with Gasteiger partial charge in [-0.05, 0) is 40.2 Å². The molecule has 0 bridgehead atoms. The maximum Gasteiger partial charge on any atom is 0.258 e. The fraction of sp³-hybridized carbons (Fsp3) is 0.0833. The van der Waals surface area contributed by atoms with Crippen LogP contribution in [0.25, 0.3) is 0 Å². The van der Waals surface area contributed by atoms with E-state index in [1.165, 1.54) is 12.3 Å². The molecule has 0 aliphatic carbocycles. The topological polar surface area (TPSA) is 64.1 Å². The first-order valence-corrected chi connectivity index (χ1v) is 6.40. The van der Waals surface area contributed by atoms with E-state index >= 15 is 0 Å². The summed E-state index contributed by atoms with van der Waals surface area (Å²) in [5.74, 6) is 0.477. The second kappa shape index (κ2) is 5.99. The monoisotopic (exact) mass is 341 g/mol. The van der Waals surface area contributed by atoms with E-state index in [0.29, 0.717) is 15.8 Å². The largest absolute Gasteiger partial charge is 0.496 e. The van der Waals surface area contributed by atoms with Crippen molar-refractivity contribution < 1.29 is 9.53 Å². The summed E-state index contributed by atoms with van der Waals surface area (Å²) >= 11 is 9.03. The summed E-state index contributed by atoms with van der Waals surface area (Å²) in [6.45, 7) is 0. The molecule has 7 heteroatoms. The Morgan fingerprint density at radius 2 is 2.21 bits per heavy atom. The third-order valence-corrected chi connectivity index (χ3v) is 3.09. The van der Waals surface area contributed by atoms with Crippen molar-refractivity contribution in [3.05, 3.63) is 45.7 Å². The van der Waals surface area contributed by atoms with Crippen molar-refractivity contribution in [3.63, 3.8) is 0 Å². The molecule has 0 saturated heterocycles. The molecule has 0 radical (unpaired) electrons. The van der Waals surface area contributed by atoms with E-state index in [0.717, 1.165) is 0 Å². The molecule has 98 valence electrons. The minimum absolute atomic E-state index is 0.157. The number of nitrogens with zero attached hydrogens (tertiary/aromatic N) is 2. The number of carbonyl (C=O) groups excluding carboxylic acids is 1. The summed E-state index contributed by atoms with van der Waals surface area (Å²) < 4.78 is 5.78. The van der Waals surface area contributed by atoms with E-state index in [-0.39, 0.29) is 17.0 Å². The molecular formula is C12H9BrClN3O2. The summed E-state index contributed by atoms with van der Waals surface area (Å²) in [5.41, 5.74) is 0.455. The summed E-state index contributed by atoms with van der Waals surface area (Å²) in [6.07, 6.45) is 1.47. The van der Waals surface area contributed by atoms with Crippen LogP contribution in [0.2, 0.25) is 5.15 Å². The van der Waals surface area contributed by atoms with Crippen LogP contribution in [0.3, 0.4) is 0 Å². The normalized spacial score (nSPS) is 10.1. The Kier molecular flexibility index (Phi) is 4.34. The predicted octanol–water partition coefficient (Wildman–Crippen LogP) is 3.15. The Morgan fingerprint density at radius 3 is 2.84 bits per heavy atom. The van der Waals surface area contributed by atoms with Gasteiger partial charge in [-0.3, -0.25) is 10.1 Å². The maximum atomic E-state index is 12.0. The number of aromatic nitrogens is 2. The second-order valence-electron chi connectivity index (χ2n) is 3.51. The Balaban J connectivity index is 2.18. The molecule has 1 amide bonds. The molecule has 0 aliphatic heterocycles. The average Bonchev–Trinajstić information content (AvgIpc) is 2.38. The van der Waals surface area contributed by atoms with Gasteiger partial charge >= 0.3 is 0 Å². The van der Waals surface area contributed by atoms with Crippen molar-refractivity contribution in [2.24, 2.45) is 0 Å². The van der Waals surface area contributed by atoms with Crippen molar-refractivity contribution >= 4 is 39.4 Å². The lowest BCUT2D eigenvalue weighted by Gasteiger charge is -2.06. The number of amides is 1. The molecule has 0 unspecified atom stereocenters. The number of ether oxygens (including phenoxy) is 1. The van der Waals surface area contributed by atoms with E-state index in [1.807, 2.05) is 0 Å². The van der Waals surface area contributed by atoms with Gasteiger partial charge in [0.15, 0.2) is 0 Å². The van der Waals surface area contributed by atoms with Gasteiger partial charge in [0, 0.05) is 11.8 Å². The quantitative estimate of drug-likeness (QED) is 0.870. The summed E-state index contributed by atoms with van der Waals surface area (Å²) in [4.78, 5) is 19.8. The minimum atomic E-state index is -0.328. The van der Waals surface area contributed by atoms with Gasteiger partial charge in [0.1, 0.15) is 10.9 Å². The highest BCUT2D eigenvalue weighted by atomic mass is 79.9. The SMILES string of the molecule is COc1ccc(C(=O)Nc2nccc(Cl)n2)cc1Br. The van der Waals surface area contributed by atoms with Gasteiger partial charge in [-0.25, -0.2) is 9.97 Å². The van der Waals surface area contributed by atoms with E-state index in [9.17, 15) is 4.79 Å². The zero-order valence-electron chi connectivity index (χ0n) is 9.85. The van der Waals surface area contributed by atoms with Gasteiger partial charge in [0.05, 0.1) is 11.6 Å². The second-order valence-corrected chi connectivity index (χ2v) is 4.75. The number of halogens is 2. The van der Waals surface area contributed by atoms with Crippen LogP contribution in [0.5, 0.6) is 5.75 Å². The fourth-order valence-electron chi connectivity index (χ4n) is 1.38. The average molecular weight is 343 g/mol.